The number of likely N-dealkylation sites (N-methyl/N-ethyl adjacent to an activating group) is 1. The Bertz CT molecular complexity index is 259. The van der Waals surface area contributed by atoms with Crippen LogP contribution < -0.4 is 5.32 Å². The van der Waals surface area contributed by atoms with Gasteiger partial charge in [-0.1, -0.05) is 6.92 Å². The Balaban J connectivity index is 2.42. The normalized spacial score (nSPS) is 27.4. The van der Waals surface area contributed by atoms with Crippen LogP contribution in [0.4, 0.5) is 0 Å². The van der Waals surface area contributed by atoms with E-state index in [1.165, 1.54) is 7.11 Å². The summed E-state index contributed by atoms with van der Waals surface area (Å²) in [4.78, 5) is 11.9. The molecule has 0 radical (unpaired) electrons. The second-order valence-electron chi connectivity index (χ2n) is 4.54. The smallest absolute Gasteiger partial charge is 0.326 e. The van der Waals surface area contributed by atoms with Crippen molar-refractivity contribution in [3.8, 4) is 0 Å². The molecule has 18 heavy (non-hydrogen) atoms. The molecule has 0 bridgehead atoms. The van der Waals surface area contributed by atoms with E-state index in [1.54, 1.807) is 0 Å². The van der Waals surface area contributed by atoms with Crippen LogP contribution in [0.1, 0.15) is 33.1 Å². The second-order valence-corrected chi connectivity index (χ2v) is 4.54. The average molecular weight is 259 g/mol. The van der Waals surface area contributed by atoms with Crippen molar-refractivity contribution in [3.63, 3.8) is 0 Å². The molecule has 0 saturated heterocycles. The molecule has 0 aromatic carbocycles. The van der Waals surface area contributed by atoms with Crippen molar-refractivity contribution in [2.45, 2.75) is 44.8 Å². The van der Waals surface area contributed by atoms with E-state index in [4.69, 9.17) is 14.2 Å². The van der Waals surface area contributed by atoms with Gasteiger partial charge in [0.05, 0.1) is 26.4 Å². The number of nitrogens with one attached hydrogen (secondary N) is 1. The van der Waals surface area contributed by atoms with Crippen molar-refractivity contribution >= 4 is 5.97 Å². The molecule has 1 saturated carbocycles. The van der Waals surface area contributed by atoms with Gasteiger partial charge in [-0.25, -0.2) is 0 Å². The first kappa shape index (κ1) is 15.4. The molecule has 1 aliphatic carbocycles. The number of esters is 1. The van der Waals surface area contributed by atoms with Crippen LogP contribution in [0, 0.1) is 0 Å². The summed E-state index contributed by atoms with van der Waals surface area (Å²) in [5.74, 6) is -0.180. The number of ether oxygens (including phenoxy) is 3. The summed E-state index contributed by atoms with van der Waals surface area (Å²) in [6, 6.07) is 0. The van der Waals surface area contributed by atoms with Crippen LogP contribution in [0.25, 0.3) is 0 Å². The summed E-state index contributed by atoms with van der Waals surface area (Å²) in [6.45, 7) is 6.61. The van der Waals surface area contributed by atoms with E-state index in [0.29, 0.717) is 26.2 Å². The minimum Gasteiger partial charge on any atom is -0.468 e. The molecule has 0 amide bonds. The maximum atomic E-state index is 11.9. The lowest BCUT2D eigenvalue weighted by molar-refractivity contribution is -0.148. The largest absolute Gasteiger partial charge is 0.468 e. The molecule has 106 valence electrons. The molecular weight excluding hydrogens is 234 g/mol. The molecule has 1 aliphatic rings. The molecule has 5 nitrogen and oxygen atoms in total. The molecule has 2 atom stereocenters. The number of carbonyl (C=O) groups excluding carboxylic acids is 1. The zero-order chi connectivity index (χ0) is 13.4. The molecule has 1 N–H and O–H groups in total. The first-order valence-corrected chi connectivity index (χ1v) is 6.71. The maximum Gasteiger partial charge on any atom is 0.326 e. The fraction of sp³-hybridized carbons (Fsp3) is 0.923. The number of hydrogen-bond donors (Lipinski definition) is 1. The topological polar surface area (TPSA) is 56.8 Å². The first-order chi connectivity index (χ1) is 8.68. The van der Waals surface area contributed by atoms with E-state index in [0.717, 1.165) is 19.4 Å². The zero-order valence-electron chi connectivity index (χ0n) is 11.7. The number of rotatable bonds is 8. The van der Waals surface area contributed by atoms with Gasteiger partial charge in [-0.15, -0.1) is 0 Å². The van der Waals surface area contributed by atoms with Gasteiger partial charge < -0.3 is 19.5 Å². The van der Waals surface area contributed by atoms with Crippen molar-refractivity contribution < 1.29 is 19.0 Å². The van der Waals surface area contributed by atoms with E-state index in [9.17, 15) is 4.79 Å². The van der Waals surface area contributed by atoms with Gasteiger partial charge in [-0.2, -0.15) is 0 Å². The Morgan fingerprint density at radius 2 is 2.17 bits per heavy atom. The summed E-state index contributed by atoms with van der Waals surface area (Å²) >= 11 is 0. The van der Waals surface area contributed by atoms with Gasteiger partial charge in [0.1, 0.15) is 5.54 Å². The standard InChI is InChI=1S/C13H25NO4/c1-4-14-13(12(15)16-3)7-6-11(10-13)18-9-8-17-5-2/h11,14H,4-10H2,1-3H3. The van der Waals surface area contributed by atoms with Crippen LogP contribution >= 0.6 is 0 Å². The molecule has 1 fully saturated rings. The van der Waals surface area contributed by atoms with Crippen LogP contribution in [0.5, 0.6) is 0 Å². The lowest BCUT2D eigenvalue weighted by Gasteiger charge is -2.27. The minimum atomic E-state index is -0.556. The monoisotopic (exact) mass is 259 g/mol. The van der Waals surface area contributed by atoms with Crippen molar-refractivity contribution in [3.05, 3.63) is 0 Å². The van der Waals surface area contributed by atoms with E-state index in [1.807, 2.05) is 13.8 Å². The Kier molecular flexibility index (Phi) is 6.60. The van der Waals surface area contributed by atoms with Gasteiger partial charge >= 0.3 is 5.97 Å². The van der Waals surface area contributed by atoms with Crippen molar-refractivity contribution in [2.75, 3.05) is 33.5 Å². The van der Waals surface area contributed by atoms with Crippen LogP contribution in [0.15, 0.2) is 0 Å². The van der Waals surface area contributed by atoms with Gasteiger partial charge in [0.2, 0.25) is 0 Å². The molecule has 1 rings (SSSR count). The maximum absolute atomic E-state index is 11.9. The lowest BCUT2D eigenvalue weighted by Crippen LogP contribution is -2.51. The Labute approximate surface area is 109 Å². The van der Waals surface area contributed by atoms with Crippen molar-refractivity contribution in [1.29, 1.82) is 0 Å². The SMILES string of the molecule is CCNC1(C(=O)OC)CCC(OCCOCC)C1. The minimum absolute atomic E-state index is 0.114. The van der Waals surface area contributed by atoms with E-state index in [-0.39, 0.29) is 12.1 Å². The summed E-state index contributed by atoms with van der Waals surface area (Å²) in [6.07, 6.45) is 2.45. The van der Waals surface area contributed by atoms with Crippen LogP contribution in [0.2, 0.25) is 0 Å². The number of carbonyl (C=O) groups is 1. The third kappa shape index (κ3) is 3.93. The molecular formula is C13H25NO4. The molecule has 0 aromatic rings. The van der Waals surface area contributed by atoms with Crippen LogP contribution in [-0.4, -0.2) is 51.1 Å². The van der Waals surface area contributed by atoms with Crippen LogP contribution in [-0.2, 0) is 19.0 Å². The number of methoxy groups -OCH3 is 1. The summed E-state index contributed by atoms with van der Waals surface area (Å²) < 4.78 is 15.9. The predicted molar refractivity (Wildman–Crippen MR) is 68.5 cm³/mol. The third-order valence-corrected chi connectivity index (χ3v) is 3.35. The molecule has 0 spiro atoms. The quantitative estimate of drug-likeness (QED) is 0.523. The van der Waals surface area contributed by atoms with Crippen LogP contribution in [0.3, 0.4) is 0 Å². The highest BCUT2D eigenvalue weighted by Gasteiger charge is 2.46. The zero-order valence-corrected chi connectivity index (χ0v) is 11.7. The van der Waals surface area contributed by atoms with E-state index in [2.05, 4.69) is 5.32 Å². The highest BCUT2D eigenvalue weighted by atomic mass is 16.5. The third-order valence-electron chi connectivity index (χ3n) is 3.35. The highest BCUT2D eigenvalue weighted by Crippen LogP contribution is 2.33. The van der Waals surface area contributed by atoms with Gasteiger partial charge in [-0.3, -0.25) is 4.79 Å². The number of hydrogen-bond acceptors (Lipinski definition) is 5. The van der Waals surface area contributed by atoms with Gasteiger partial charge in [0.25, 0.3) is 0 Å². The predicted octanol–water partition coefficient (Wildman–Crippen LogP) is 1.11. The molecule has 0 heterocycles. The molecule has 2 unspecified atom stereocenters. The van der Waals surface area contributed by atoms with Gasteiger partial charge in [0, 0.05) is 13.0 Å². The lowest BCUT2D eigenvalue weighted by atomic mass is 9.97. The Morgan fingerprint density at radius 1 is 1.39 bits per heavy atom. The fourth-order valence-electron chi connectivity index (χ4n) is 2.51. The molecule has 0 aromatic heterocycles. The summed E-state index contributed by atoms with van der Waals surface area (Å²) in [7, 11) is 1.44. The van der Waals surface area contributed by atoms with Gasteiger partial charge in [0.15, 0.2) is 0 Å². The Hall–Kier alpha value is -0.650. The van der Waals surface area contributed by atoms with E-state index < -0.39 is 5.54 Å². The van der Waals surface area contributed by atoms with E-state index >= 15 is 0 Å². The van der Waals surface area contributed by atoms with Crippen molar-refractivity contribution in [2.24, 2.45) is 0 Å². The average Bonchev–Trinajstić information content (AvgIpc) is 2.79. The first-order valence-electron chi connectivity index (χ1n) is 6.71. The van der Waals surface area contributed by atoms with Crippen molar-refractivity contribution in [1.82, 2.24) is 5.32 Å². The highest BCUT2D eigenvalue weighted by molar-refractivity contribution is 5.81. The Morgan fingerprint density at radius 3 is 2.78 bits per heavy atom. The molecule has 0 aliphatic heterocycles. The summed E-state index contributed by atoms with van der Waals surface area (Å²) in [5.41, 5.74) is -0.556. The fourth-order valence-corrected chi connectivity index (χ4v) is 2.51. The summed E-state index contributed by atoms with van der Waals surface area (Å²) in [5, 5.41) is 3.25. The second kappa shape index (κ2) is 7.71. The molecule has 5 heteroatoms. The van der Waals surface area contributed by atoms with Gasteiger partial charge in [-0.05, 0) is 26.3 Å².